The molecule has 0 spiro atoms. The molecule has 2 aliphatic rings. The van der Waals surface area contributed by atoms with Crippen LogP contribution in [0.4, 0.5) is 4.79 Å². The predicted molar refractivity (Wildman–Crippen MR) is 68.7 cm³/mol. The lowest BCUT2D eigenvalue weighted by Crippen LogP contribution is -2.48. The minimum Gasteiger partial charge on any atom is -0.480 e. The van der Waals surface area contributed by atoms with Crippen molar-refractivity contribution in [2.45, 2.75) is 57.7 Å². The van der Waals surface area contributed by atoms with Crippen molar-refractivity contribution in [2.24, 2.45) is 5.41 Å². The number of hydrogen-bond donors (Lipinski definition) is 3. The van der Waals surface area contributed by atoms with Crippen LogP contribution in [0, 0.1) is 5.41 Å². The predicted octanol–water partition coefficient (Wildman–Crippen LogP) is 0.794. The maximum Gasteiger partial charge on any atom is 0.326 e. The lowest BCUT2D eigenvalue weighted by molar-refractivity contribution is -0.141. The normalized spacial score (nSPS) is 33.4. The van der Waals surface area contributed by atoms with Crippen LogP contribution >= 0.6 is 0 Å². The van der Waals surface area contributed by atoms with Crippen molar-refractivity contribution in [3.63, 3.8) is 0 Å². The van der Waals surface area contributed by atoms with Gasteiger partial charge >= 0.3 is 12.0 Å². The highest BCUT2D eigenvalue weighted by atomic mass is 16.4. The van der Waals surface area contributed by atoms with Gasteiger partial charge in [-0.15, -0.1) is 0 Å². The maximum absolute atomic E-state index is 12.1. The topological polar surface area (TPSA) is 89.9 Å². The first kappa shape index (κ1) is 14.1. The Morgan fingerprint density at radius 3 is 2.58 bits per heavy atom. The van der Waals surface area contributed by atoms with Crippen molar-refractivity contribution >= 4 is 12.0 Å². The lowest BCUT2D eigenvalue weighted by Gasteiger charge is -2.24. The van der Waals surface area contributed by atoms with E-state index in [0.717, 1.165) is 19.3 Å². The number of β-amino-alcohol motifs (C(OH)–C–C–N with tert-alkyl or cyclic N) is 1. The van der Waals surface area contributed by atoms with Gasteiger partial charge in [0.2, 0.25) is 0 Å². The molecule has 3 unspecified atom stereocenters. The fourth-order valence-corrected chi connectivity index (χ4v) is 3.09. The molecular weight excluding hydrogens is 248 g/mol. The zero-order valence-corrected chi connectivity index (χ0v) is 11.4. The fraction of sp³-hybridized carbons (Fsp3) is 0.846. The number of aliphatic hydroxyl groups excluding tert-OH is 1. The summed E-state index contributed by atoms with van der Waals surface area (Å²) in [6, 6.07) is -1.18. The summed E-state index contributed by atoms with van der Waals surface area (Å²) in [6.45, 7) is 4.43. The second-order valence-electron chi connectivity index (χ2n) is 6.45. The molecule has 1 aliphatic carbocycles. The van der Waals surface area contributed by atoms with Crippen molar-refractivity contribution < 1.29 is 19.8 Å². The summed E-state index contributed by atoms with van der Waals surface area (Å²) in [4.78, 5) is 24.4. The first-order valence-corrected chi connectivity index (χ1v) is 6.76. The highest BCUT2D eigenvalue weighted by molar-refractivity contribution is 5.83. The number of carboxylic acids is 1. The number of amides is 2. The molecule has 3 N–H and O–H groups in total. The number of carbonyl (C=O) groups is 2. The van der Waals surface area contributed by atoms with Gasteiger partial charge in [0.05, 0.1) is 6.10 Å². The van der Waals surface area contributed by atoms with E-state index in [1.54, 1.807) is 0 Å². The maximum atomic E-state index is 12.1. The molecule has 1 heterocycles. The summed E-state index contributed by atoms with van der Waals surface area (Å²) in [7, 11) is 0. The minimum absolute atomic E-state index is 0.0961. The van der Waals surface area contributed by atoms with E-state index < -0.39 is 18.1 Å². The minimum atomic E-state index is -1.06. The van der Waals surface area contributed by atoms with Gasteiger partial charge < -0.3 is 20.4 Å². The Morgan fingerprint density at radius 1 is 1.37 bits per heavy atom. The van der Waals surface area contributed by atoms with Gasteiger partial charge in [-0.1, -0.05) is 13.8 Å². The average molecular weight is 270 g/mol. The van der Waals surface area contributed by atoms with Gasteiger partial charge in [-0.2, -0.15) is 0 Å². The highest BCUT2D eigenvalue weighted by Crippen LogP contribution is 2.37. The Labute approximate surface area is 112 Å². The van der Waals surface area contributed by atoms with Crippen molar-refractivity contribution in [2.75, 3.05) is 6.54 Å². The molecule has 2 fully saturated rings. The molecule has 0 aromatic carbocycles. The second-order valence-corrected chi connectivity index (χ2v) is 6.45. The Bertz CT molecular complexity index is 383. The number of aliphatic carboxylic acids is 1. The van der Waals surface area contributed by atoms with Crippen molar-refractivity contribution in [1.29, 1.82) is 0 Å². The molecule has 19 heavy (non-hydrogen) atoms. The summed E-state index contributed by atoms with van der Waals surface area (Å²) in [5.74, 6) is -1.06. The van der Waals surface area contributed by atoms with E-state index in [9.17, 15) is 14.7 Å². The molecule has 0 radical (unpaired) electrons. The number of likely N-dealkylation sites (tertiary alicyclic amines) is 1. The molecule has 1 aliphatic heterocycles. The van der Waals surface area contributed by atoms with Crippen LogP contribution in [-0.4, -0.2) is 51.8 Å². The molecule has 2 rings (SSSR count). The molecule has 0 bridgehead atoms. The van der Waals surface area contributed by atoms with E-state index in [1.165, 1.54) is 4.90 Å². The first-order chi connectivity index (χ1) is 8.78. The zero-order chi connectivity index (χ0) is 14.2. The molecule has 1 saturated heterocycles. The van der Waals surface area contributed by atoms with Gasteiger partial charge in [-0.25, -0.2) is 9.59 Å². The summed E-state index contributed by atoms with van der Waals surface area (Å²) in [5, 5.41) is 21.5. The van der Waals surface area contributed by atoms with Crippen molar-refractivity contribution in [3.05, 3.63) is 0 Å². The van der Waals surface area contributed by atoms with Gasteiger partial charge in [0, 0.05) is 19.0 Å². The molecule has 0 aromatic rings. The second kappa shape index (κ2) is 5.00. The third kappa shape index (κ3) is 3.18. The summed E-state index contributed by atoms with van der Waals surface area (Å²) in [6.07, 6.45) is 2.26. The molecule has 2 amide bonds. The molecular formula is C13H22N2O4. The van der Waals surface area contributed by atoms with Crippen LogP contribution < -0.4 is 5.32 Å². The van der Waals surface area contributed by atoms with E-state index in [4.69, 9.17) is 5.11 Å². The van der Waals surface area contributed by atoms with Gasteiger partial charge in [-0.05, 0) is 24.7 Å². The Hall–Kier alpha value is -1.30. The Balaban J connectivity index is 1.94. The van der Waals surface area contributed by atoms with E-state index in [0.29, 0.717) is 0 Å². The quantitative estimate of drug-likeness (QED) is 0.692. The van der Waals surface area contributed by atoms with E-state index in [-0.39, 0.29) is 30.5 Å². The smallest absolute Gasteiger partial charge is 0.326 e. The summed E-state index contributed by atoms with van der Waals surface area (Å²) < 4.78 is 0. The summed E-state index contributed by atoms with van der Waals surface area (Å²) >= 11 is 0. The van der Waals surface area contributed by atoms with Crippen molar-refractivity contribution in [1.82, 2.24) is 10.2 Å². The molecule has 6 heteroatoms. The number of hydrogen-bond acceptors (Lipinski definition) is 3. The third-order valence-electron chi connectivity index (χ3n) is 4.12. The molecule has 6 nitrogen and oxygen atoms in total. The van der Waals surface area contributed by atoms with Crippen LogP contribution in [0.25, 0.3) is 0 Å². The van der Waals surface area contributed by atoms with Crippen LogP contribution in [0.15, 0.2) is 0 Å². The number of aliphatic hydroxyl groups is 1. The largest absolute Gasteiger partial charge is 0.480 e. The number of carbonyl (C=O) groups excluding carboxylic acids is 1. The van der Waals surface area contributed by atoms with Gasteiger partial charge in [0.25, 0.3) is 0 Å². The van der Waals surface area contributed by atoms with Crippen LogP contribution in [0.1, 0.15) is 39.5 Å². The number of urea groups is 1. The van der Waals surface area contributed by atoms with E-state index >= 15 is 0 Å². The number of carboxylic acid groups (broad SMARTS) is 1. The number of nitrogens with one attached hydrogen (secondary N) is 1. The SMILES string of the molecule is CC1(C)CCC(NC(=O)N2CC(O)CC2C(=O)O)C1. The number of nitrogens with zero attached hydrogens (tertiary/aromatic N) is 1. The highest BCUT2D eigenvalue weighted by Gasteiger charge is 2.40. The van der Waals surface area contributed by atoms with Gasteiger partial charge in [-0.3, -0.25) is 0 Å². The summed E-state index contributed by atoms with van der Waals surface area (Å²) in [5.41, 5.74) is 0.231. The van der Waals surface area contributed by atoms with Crippen LogP contribution in [0.3, 0.4) is 0 Å². The van der Waals surface area contributed by atoms with Crippen LogP contribution in [0.2, 0.25) is 0 Å². The van der Waals surface area contributed by atoms with E-state index in [1.807, 2.05) is 0 Å². The fourth-order valence-electron chi connectivity index (χ4n) is 3.09. The van der Waals surface area contributed by atoms with E-state index in [2.05, 4.69) is 19.2 Å². The first-order valence-electron chi connectivity index (χ1n) is 6.76. The molecule has 0 aromatic heterocycles. The molecule has 108 valence electrons. The Morgan fingerprint density at radius 2 is 2.05 bits per heavy atom. The van der Waals surface area contributed by atoms with Crippen LogP contribution in [0.5, 0.6) is 0 Å². The average Bonchev–Trinajstić information content (AvgIpc) is 2.82. The molecule has 1 saturated carbocycles. The zero-order valence-electron chi connectivity index (χ0n) is 11.4. The lowest BCUT2D eigenvalue weighted by atomic mass is 9.92. The Kier molecular flexibility index (Phi) is 3.71. The molecule has 3 atom stereocenters. The van der Waals surface area contributed by atoms with Crippen molar-refractivity contribution in [3.8, 4) is 0 Å². The standard InChI is InChI=1S/C13H22N2O4/c1-13(2)4-3-8(6-13)14-12(19)15-7-9(16)5-10(15)11(17)18/h8-10,16H,3-7H2,1-2H3,(H,14,19)(H,17,18). The number of rotatable bonds is 2. The monoisotopic (exact) mass is 270 g/mol. The third-order valence-corrected chi connectivity index (χ3v) is 4.12. The van der Waals surface area contributed by atoms with Gasteiger partial charge in [0.1, 0.15) is 6.04 Å². The van der Waals surface area contributed by atoms with Crippen LogP contribution in [-0.2, 0) is 4.79 Å². The van der Waals surface area contributed by atoms with Gasteiger partial charge in [0.15, 0.2) is 0 Å².